The van der Waals surface area contributed by atoms with E-state index in [1.807, 2.05) is 0 Å². The Morgan fingerprint density at radius 3 is 2.76 bits per heavy atom. The zero-order valence-corrected chi connectivity index (χ0v) is 15.7. The van der Waals surface area contributed by atoms with Crippen LogP contribution in [0.5, 0.6) is 0 Å². The number of anilines is 1. The van der Waals surface area contributed by atoms with E-state index < -0.39 is 23.4 Å². The third kappa shape index (κ3) is 4.70. The first kappa shape index (κ1) is 19.2. The maximum Gasteiger partial charge on any atom is 0.320 e. The molecule has 0 saturated carbocycles. The second-order valence-corrected chi connectivity index (χ2v) is 6.72. The lowest BCUT2D eigenvalue weighted by Crippen LogP contribution is -2.47. The number of carbonyl (C=O) groups excluding carboxylic acids is 2. The van der Waals surface area contributed by atoms with E-state index in [0.29, 0.717) is 10.0 Å². The van der Waals surface area contributed by atoms with Gasteiger partial charge in [-0.25, -0.2) is 9.18 Å². The minimum Gasteiger partial charge on any atom is -0.469 e. The number of halogens is 3. The van der Waals surface area contributed by atoms with Crippen LogP contribution in [0.1, 0.15) is 18.9 Å². The SMILES string of the molecule is COC(=O)CC(C)(NC(=O)Nc1c(F)cc(Br)cc1Cl)c1cn[nH]c1. The van der Waals surface area contributed by atoms with E-state index in [1.165, 1.54) is 31.6 Å². The first-order valence-electron chi connectivity index (χ1n) is 7.05. The number of methoxy groups -OCH3 is 1. The number of nitrogens with zero attached hydrogens (tertiary/aromatic N) is 1. The van der Waals surface area contributed by atoms with Gasteiger partial charge in [0.05, 0.1) is 36.0 Å². The number of amides is 2. The van der Waals surface area contributed by atoms with E-state index in [0.717, 1.165) is 0 Å². The van der Waals surface area contributed by atoms with Crippen LogP contribution in [0.4, 0.5) is 14.9 Å². The van der Waals surface area contributed by atoms with Crippen molar-refractivity contribution in [3.63, 3.8) is 0 Å². The Hall–Kier alpha value is -2.13. The molecular weight excluding hydrogens is 419 g/mol. The molecule has 0 aliphatic carbocycles. The van der Waals surface area contributed by atoms with Crippen LogP contribution in [0.25, 0.3) is 0 Å². The lowest BCUT2D eigenvalue weighted by molar-refractivity contribution is -0.142. The molecule has 1 aromatic heterocycles. The van der Waals surface area contributed by atoms with Crippen molar-refractivity contribution in [1.29, 1.82) is 0 Å². The van der Waals surface area contributed by atoms with Gasteiger partial charge in [0.2, 0.25) is 0 Å². The fraction of sp³-hybridized carbons (Fsp3) is 0.267. The number of rotatable bonds is 5. The molecule has 0 aliphatic heterocycles. The fourth-order valence-electron chi connectivity index (χ4n) is 2.19. The largest absolute Gasteiger partial charge is 0.469 e. The summed E-state index contributed by atoms with van der Waals surface area (Å²) in [7, 11) is 1.25. The highest BCUT2D eigenvalue weighted by Gasteiger charge is 2.33. The highest BCUT2D eigenvalue weighted by Crippen LogP contribution is 2.30. The summed E-state index contributed by atoms with van der Waals surface area (Å²) in [6, 6.07) is 1.88. The van der Waals surface area contributed by atoms with Gasteiger partial charge in [-0.05, 0) is 19.1 Å². The molecule has 2 rings (SSSR count). The number of aromatic amines is 1. The number of urea groups is 1. The van der Waals surface area contributed by atoms with Crippen molar-refractivity contribution in [2.24, 2.45) is 0 Å². The van der Waals surface area contributed by atoms with Crippen LogP contribution in [0.3, 0.4) is 0 Å². The van der Waals surface area contributed by atoms with E-state index in [2.05, 4.69) is 41.5 Å². The molecule has 1 atom stereocenters. The first-order valence-corrected chi connectivity index (χ1v) is 8.22. The van der Waals surface area contributed by atoms with Gasteiger partial charge in [0, 0.05) is 16.2 Å². The zero-order valence-electron chi connectivity index (χ0n) is 13.3. The van der Waals surface area contributed by atoms with Crippen LogP contribution in [-0.2, 0) is 15.1 Å². The smallest absolute Gasteiger partial charge is 0.320 e. The number of nitrogens with one attached hydrogen (secondary N) is 3. The summed E-state index contributed by atoms with van der Waals surface area (Å²) in [5.74, 6) is -1.23. The van der Waals surface area contributed by atoms with Crippen LogP contribution >= 0.6 is 27.5 Å². The van der Waals surface area contributed by atoms with Crippen LogP contribution in [0.2, 0.25) is 5.02 Å². The average Bonchev–Trinajstić information content (AvgIpc) is 3.05. The van der Waals surface area contributed by atoms with Crippen LogP contribution < -0.4 is 10.6 Å². The molecular formula is C15H15BrClFN4O3. The molecule has 0 fully saturated rings. The van der Waals surface area contributed by atoms with Crippen LogP contribution in [-0.4, -0.2) is 29.3 Å². The predicted octanol–water partition coefficient (Wildman–Crippen LogP) is 3.56. The van der Waals surface area contributed by atoms with E-state index in [-0.39, 0.29) is 17.1 Å². The molecule has 1 unspecified atom stereocenters. The van der Waals surface area contributed by atoms with Crippen LogP contribution in [0.15, 0.2) is 29.0 Å². The molecule has 0 saturated heterocycles. The van der Waals surface area contributed by atoms with Gasteiger partial charge in [-0.15, -0.1) is 0 Å². The monoisotopic (exact) mass is 432 g/mol. The number of H-pyrrole nitrogens is 1. The number of benzene rings is 1. The zero-order chi connectivity index (χ0) is 18.6. The third-order valence-corrected chi connectivity index (χ3v) is 4.25. The van der Waals surface area contributed by atoms with Gasteiger partial charge in [0.15, 0.2) is 0 Å². The molecule has 134 valence electrons. The summed E-state index contributed by atoms with van der Waals surface area (Å²) < 4.78 is 19.1. The van der Waals surface area contributed by atoms with Crippen molar-refractivity contribution < 1.29 is 18.7 Å². The quantitative estimate of drug-likeness (QED) is 0.628. The number of hydrogen-bond donors (Lipinski definition) is 3. The van der Waals surface area contributed by atoms with Crippen molar-refractivity contribution in [1.82, 2.24) is 15.5 Å². The van der Waals surface area contributed by atoms with Gasteiger partial charge in [-0.3, -0.25) is 9.89 Å². The third-order valence-electron chi connectivity index (χ3n) is 3.50. The molecule has 7 nitrogen and oxygen atoms in total. The second kappa shape index (κ2) is 7.83. The van der Waals surface area contributed by atoms with Gasteiger partial charge in [-0.2, -0.15) is 5.10 Å². The molecule has 0 bridgehead atoms. The fourth-order valence-corrected chi connectivity index (χ4v) is 3.01. The number of aromatic nitrogens is 2. The Morgan fingerprint density at radius 1 is 1.48 bits per heavy atom. The number of hydrogen-bond acceptors (Lipinski definition) is 4. The number of carbonyl (C=O) groups is 2. The van der Waals surface area contributed by atoms with E-state index in [1.54, 1.807) is 6.92 Å². The normalized spacial score (nSPS) is 13.0. The van der Waals surface area contributed by atoms with Crippen LogP contribution in [0, 0.1) is 5.82 Å². The summed E-state index contributed by atoms with van der Waals surface area (Å²) in [6.07, 6.45) is 2.86. The highest BCUT2D eigenvalue weighted by molar-refractivity contribution is 9.10. The standard InChI is InChI=1S/C15H15BrClFN4O3/c1-15(5-12(23)25-2,8-6-19-20-7-8)22-14(24)21-13-10(17)3-9(16)4-11(13)18/h3-4,6-7H,5H2,1-2H3,(H,19,20)(H2,21,22,24). The summed E-state index contributed by atoms with van der Waals surface area (Å²) in [4.78, 5) is 24.0. The topological polar surface area (TPSA) is 96.1 Å². The maximum atomic E-state index is 14.0. The van der Waals surface area contributed by atoms with Crippen molar-refractivity contribution in [3.8, 4) is 0 Å². The van der Waals surface area contributed by atoms with Crippen molar-refractivity contribution in [2.45, 2.75) is 18.9 Å². The van der Waals surface area contributed by atoms with Crippen molar-refractivity contribution in [3.05, 3.63) is 45.4 Å². The first-order chi connectivity index (χ1) is 11.7. The lowest BCUT2D eigenvalue weighted by atomic mass is 9.91. The molecule has 1 aromatic carbocycles. The number of ether oxygens (including phenoxy) is 1. The summed E-state index contributed by atoms with van der Waals surface area (Å²) >= 11 is 9.06. The maximum absolute atomic E-state index is 14.0. The van der Waals surface area contributed by atoms with Gasteiger partial charge < -0.3 is 15.4 Å². The Balaban J connectivity index is 2.22. The Kier molecular flexibility index (Phi) is 6.02. The minimum absolute atomic E-state index is 0.0278. The molecule has 0 aliphatic rings. The van der Waals surface area contributed by atoms with E-state index in [9.17, 15) is 14.0 Å². The molecule has 1 heterocycles. The highest BCUT2D eigenvalue weighted by atomic mass is 79.9. The van der Waals surface area contributed by atoms with Gasteiger partial charge >= 0.3 is 12.0 Å². The number of esters is 1. The van der Waals surface area contributed by atoms with Gasteiger partial charge in [0.25, 0.3) is 0 Å². The molecule has 2 amide bonds. The lowest BCUT2D eigenvalue weighted by Gasteiger charge is -2.29. The van der Waals surface area contributed by atoms with Crippen molar-refractivity contribution >= 4 is 45.2 Å². The Morgan fingerprint density at radius 2 is 2.20 bits per heavy atom. The van der Waals surface area contributed by atoms with Crippen molar-refractivity contribution in [2.75, 3.05) is 12.4 Å². The predicted molar refractivity (Wildman–Crippen MR) is 93.8 cm³/mol. The Bertz CT molecular complexity index is 764. The molecule has 3 N–H and O–H groups in total. The molecule has 0 spiro atoms. The molecule has 10 heteroatoms. The minimum atomic E-state index is -1.12. The summed E-state index contributed by atoms with van der Waals surface area (Å²) in [5, 5.41) is 11.4. The summed E-state index contributed by atoms with van der Waals surface area (Å²) in [6.45, 7) is 1.62. The molecule has 25 heavy (non-hydrogen) atoms. The molecule has 0 radical (unpaired) electrons. The Labute approximate surface area is 156 Å². The van der Waals surface area contributed by atoms with E-state index in [4.69, 9.17) is 11.6 Å². The van der Waals surface area contributed by atoms with Gasteiger partial charge in [0.1, 0.15) is 5.82 Å². The van der Waals surface area contributed by atoms with Gasteiger partial charge in [-0.1, -0.05) is 27.5 Å². The summed E-state index contributed by atoms with van der Waals surface area (Å²) in [5.41, 5.74) is -0.743. The second-order valence-electron chi connectivity index (χ2n) is 5.40. The molecule has 2 aromatic rings. The average molecular weight is 434 g/mol. The van der Waals surface area contributed by atoms with E-state index >= 15 is 0 Å².